The van der Waals surface area contributed by atoms with Crippen LogP contribution in [0.15, 0.2) is 54.9 Å². The van der Waals surface area contributed by atoms with Crippen LogP contribution >= 0.6 is 11.6 Å². The van der Waals surface area contributed by atoms with Gasteiger partial charge in [-0.2, -0.15) is 5.10 Å². The van der Waals surface area contributed by atoms with Gasteiger partial charge in [-0.15, -0.1) is 0 Å². The zero-order valence-corrected chi connectivity index (χ0v) is 18.1. The number of esters is 1. The van der Waals surface area contributed by atoms with Gasteiger partial charge in [-0.05, 0) is 49.6 Å². The van der Waals surface area contributed by atoms with Crippen LogP contribution in [0.4, 0.5) is 0 Å². The Bertz CT molecular complexity index is 1030. The summed E-state index contributed by atoms with van der Waals surface area (Å²) in [5.41, 5.74) is 1.16. The summed E-state index contributed by atoms with van der Waals surface area (Å²) in [7, 11) is 0. The van der Waals surface area contributed by atoms with Crippen molar-refractivity contribution in [2.45, 2.75) is 31.9 Å². The maximum absolute atomic E-state index is 12.5. The zero-order valence-electron chi connectivity index (χ0n) is 17.4. The number of piperidine rings is 1. The molecule has 0 unspecified atom stereocenters. The first-order chi connectivity index (χ1) is 15.0. The molecule has 31 heavy (non-hydrogen) atoms. The first-order valence-electron chi connectivity index (χ1n) is 10.4. The van der Waals surface area contributed by atoms with Gasteiger partial charge in [0, 0.05) is 30.9 Å². The number of likely N-dealkylation sites (tertiary alicyclic amines) is 1. The number of hydrogen-bond donors (Lipinski definition) is 1. The van der Waals surface area contributed by atoms with Gasteiger partial charge in [0.25, 0.3) is 0 Å². The fourth-order valence-corrected chi connectivity index (χ4v) is 4.05. The van der Waals surface area contributed by atoms with Crippen molar-refractivity contribution in [3.8, 4) is 5.82 Å². The number of carbonyl (C=O) groups excluding carboxylic acids is 1. The molecule has 1 saturated heterocycles. The summed E-state index contributed by atoms with van der Waals surface area (Å²) >= 11 is 5.99. The van der Waals surface area contributed by atoms with E-state index in [1.807, 2.05) is 30.3 Å². The van der Waals surface area contributed by atoms with Crippen molar-refractivity contribution in [2.24, 2.45) is 0 Å². The lowest BCUT2D eigenvalue weighted by Crippen LogP contribution is -2.42. The van der Waals surface area contributed by atoms with E-state index in [1.54, 1.807) is 29.9 Å². The molecule has 3 aromatic rings. The second-order valence-corrected chi connectivity index (χ2v) is 8.08. The Morgan fingerprint density at radius 1 is 1.19 bits per heavy atom. The van der Waals surface area contributed by atoms with Crippen LogP contribution in [0.25, 0.3) is 5.82 Å². The second-order valence-electron chi connectivity index (χ2n) is 7.64. The van der Waals surface area contributed by atoms with Gasteiger partial charge in [0.1, 0.15) is 5.56 Å². The van der Waals surface area contributed by atoms with Crippen LogP contribution < -0.4 is 0 Å². The maximum atomic E-state index is 12.5. The Kier molecular flexibility index (Phi) is 6.36. The van der Waals surface area contributed by atoms with Crippen LogP contribution in [0.3, 0.4) is 0 Å². The van der Waals surface area contributed by atoms with Gasteiger partial charge in [0.05, 0.1) is 24.1 Å². The first-order valence-corrected chi connectivity index (χ1v) is 10.7. The normalized spacial score (nSPS) is 16.2. The van der Waals surface area contributed by atoms with E-state index in [1.165, 1.54) is 6.20 Å². The topological polar surface area (TPSA) is 80.5 Å². The highest BCUT2D eigenvalue weighted by Gasteiger charge is 2.34. The largest absolute Gasteiger partial charge is 0.462 e. The molecule has 1 aromatic carbocycles. The van der Waals surface area contributed by atoms with Crippen molar-refractivity contribution in [3.05, 3.63) is 76.7 Å². The average molecular weight is 441 g/mol. The van der Waals surface area contributed by atoms with Gasteiger partial charge in [0.15, 0.2) is 5.82 Å². The summed E-state index contributed by atoms with van der Waals surface area (Å²) in [6.45, 7) is 3.93. The Balaban J connectivity index is 1.54. The van der Waals surface area contributed by atoms with Crippen LogP contribution in [-0.4, -0.2) is 50.4 Å². The monoisotopic (exact) mass is 440 g/mol. The third kappa shape index (κ3) is 4.63. The van der Waals surface area contributed by atoms with E-state index < -0.39 is 11.6 Å². The quantitative estimate of drug-likeness (QED) is 0.590. The van der Waals surface area contributed by atoms with E-state index in [0.29, 0.717) is 55.5 Å². The fraction of sp³-hybridized carbons (Fsp3) is 0.348. The molecule has 0 spiro atoms. The predicted molar refractivity (Wildman–Crippen MR) is 117 cm³/mol. The van der Waals surface area contributed by atoms with Crippen LogP contribution in [0.1, 0.15) is 41.4 Å². The molecule has 1 aliphatic rings. The van der Waals surface area contributed by atoms with E-state index in [4.69, 9.17) is 16.3 Å². The molecule has 0 atom stereocenters. The fourth-order valence-electron chi connectivity index (χ4n) is 3.92. The van der Waals surface area contributed by atoms with Crippen LogP contribution in [0.2, 0.25) is 5.02 Å². The number of aliphatic hydroxyl groups is 1. The average Bonchev–Trinajstić information content (AvgIpc) is 3.20. The number of ether oxygens (including phenoxy) is 1. The highest BCUT2D eigenvalue weighted by molar-refractivity contribution is 6.30. The summed E-state index contributed by atoms with van der Waals surface area (Å²) in [5, 5.41) is 16.2. The third-order valence-electron chi connectivity index (χ3n) is 5.67. The van der Waals surface area contributed by atoms with Gasteiger partial charge in [-0.25, -0.2) is 14.5 Å². The number of pyridine rings is 1. The molecule has 1 fully saturated rings. The van der Waals surface area contributed by atoms with Crippen LogP contribution in [0.5, 0.6) is 0 Å². The number of nitrogens with zero attached hydrogens (tertiary/aromatic N) is 4. The van der Waals surface area contributed by atoms with E-state index >= 15 is 0 Å². The molecular formula is C23H25ClN4O3. The molecule has 2 aromatic heterocycles. The predicted octanol–water partition coefficient (Wildman–Crippen LogP) is 3.58. The van der Waals surface area contributed by atoms with Crippen molar-refractivity contribution in [2.75, 3.05) is 19.7 Å². The van der Waals surface area contributed by atoms with Crippen LogP contribution in [-0.2, 0) is 16.9 Å². The summed E-state index contributed by atoms with van der Waals surface area (Å²) in [6, 6.07) is 12.9. The molecule has 0 amide bonds. The number of aromatic nitrogens is 3. The van der Waals surface area contributed by atoms with Crippen LogP contribution in [0, 0.1) is 0 Å². The number of carbonyl (C=O) groups is 1. The third-order valence-corrected chi connectivity index (χ3v) is 5.92. The summed E-state index contributed by atoms with van der Waals surface area (Å²) < 4.78 is 6.91. The minimum absolute atomic E-state index is 0.297. The van der Waals surface area contributed by atoms with Crippen molar-refractivity contribution in [3.63, 3.8) is 0 Å². The highest BCUT2D eigenvalue weighted by atomic mass is 35.5. The van der Waals surface area contributed by atoms with Crippen molar-refractivity contribution < 1.29 is 14.6 Å². The van der Waals surface area contributed by atoms with Gasteiger partial charge < -0.3 is 9.84 Å². The van der Waals surface area contributed by atoms with E-state index in [-0.39, 0.29) is 0 Å². The molecule has 0 radical (unpaired) electrons. The SMILES string of the molecule is CCOC(=O)c1cnn(-c2ccccn2)c1CN1CCC(O)(c2ccc(Cl)cc2)CC1. The molecule has 1 aliphatic heterocycles. The van der Waals surface area contributed by atoms with E-state index in [2.05, 4.69) is 15.0 Å². The number of benzene rings is 1. The molecule has 0 bridgehead atoms. The molecule has 0 saturated carbocycles. The minimum atomic E-state index is -0.883. The van der Waals surface area contributed by atoms with E-state index in [9.17, 15) is 9.90 Å². The Labute approximate surface area is 186 Å². The lowest BCUT2D eigenvalue weighted by molar-refractivity contribution is -0.0282. The molecule has 1 N–H and O–H groups in total. The number of halogens is 1. The number of rotatable bonds is 6. The molecule has 8 heteroatoms. The Morgan fingerprint density at radius 3 is 2.58 bits per heavy atom. The van der Waals surface area contributed by atoms with Gasteiger partial charge >= 0.3 is 5.97 Å². The van der Waals surface area contributed by atoms with Crippen molar-refractivity contribution >= 4 is 17.6 Å². The molecule has 3 heterocycles. The van der Waals surface area contributed by atoms with Crippen molar-refractivity contribution in [1.29, 1.82) is 0 Å². The maximum Gasteiger partial charge on any atom is 0.341 e. The lowest BCUT2D eigenvalue weighted by atomic mass is 9.84. The summed E-state index contributed by atoms with van der Waals surface area (Å²) in [6.07, 6.45) is 4.40. The Hall–Kier alpha value is -2.74. The van der Waals surface area contributed by atoms with Crippen molar-refractivity contribution in [1.82, 2.24) is 19.7 Å². The minimum Gasteiger partial charge on any atom is -0.462 e. The van der Waals surface area contributed by atoms with Gasteiger partial charge in [-0.1, -0.05) is 29.8 Å². The van der Waals surface area contributed by atoms with Gasteiger partial charge in [0.2, 0.25) is 0 Å². The smallest absolute Gasteiger partial charge is 0.341 e. The molecule has 7 nitrogen and oxygen atoms in total. The standard InChI is InChI=1S/C23H25ClN4O3/c1-2-31-22(29)19-15-26-28(21-5-3-4-12-25-21)20(19)16-27-13-10-23(30,11-14-27)17-6-8-18(24)9-7-17/h3-9,12,15,30H,2,10-11,13-14,16H2,1H3. The zero-order chi connectivity index (χ0) is 21.8. The number of hydrogen-bond acceptors (Lipinski definition) is 6. The second kappa shape index (κ2) is 9.18. The Morgan fingerprint density at radius 2 is 1.94 bits per heavy atom. The lowest BCUT2D eigenvalue weighted by Gasteiger charge is -2.38. The molecule has 162 valence electrons. The molecule has 4 rings (SSSR count). The van der Waals surface area contributed by atoms with E-state index in [0.717, 1.165) is 11.3 Å². The highest BCUT2D eigenvalue weighted by Crippen LogP contribution is 2.34. The molecular weight excluding hydrogens is 416 g/mol. The van der Waals surface area contributed by atoms with Gasteiger partial charge in [-0.3, -0.25) is 4.90 Å². The first kappa shape index (κ1) is 21.5. The summed E-state index contributed by atoms with van der Waals surface area (Å²) in [4.78, 5) is 19.1. The summed E-state index contributed by atoms with van der Waals surface area (Å²) in [5.74, 6) is 0.247. The molecule has 0 aliphatic carbocycles.